The Hall–Kier alpha value is -2.50. The second-order valence-electron chi connectivity index (χ2n) is 6.94. The van der Waals surface area contributed by atoms with E-state index in [1.54, 1.807) is 6.20 Å². The summed E-state index contributed by atoms with van der Waals surface area (Å²) >= 11 is 0. The van der Waals surface area contributed by atoms with Crippen molar-refractivity contribution in [2.45, 2.75) is 19.5 Å². The highest BCUT2D eigenvalue weighted by atomic mass is 15.3. The Morgan fingerprint density at radius 1 is 1.15 bits per heavy atom. The minimum atomic E-state index is 0.328. The van der Waals surface area contributed by atoms with Crippen molar-refractivity contribution in [1.82, 2.24) is 25.0 Å². The zero-order chi connectivity index (χ0) is 18.5. The van der Waals surface area contributed by atoms with Crippen LogP contribution in [-0.4, -0.2) is 40.3 Å². The van der Waals surface area contributed by atoms with Gasteiger partial charge in [0.2, 0.25) is 0 Å². The van der Waals surface area contributed by atoms with Gasteiger partial charge in [-0.15, -0.1) is 0 Å². The second kappa shape index (κ2) is 8.25. The number of likely N-dealkylation sites (N-methyl/N-ethyl adjacent to an activating group) is 1. The molecule has 0 aliphatic heterocycles. The molecule has 0 spiro atoms. The Balaban J connectivity index is 1.70. The van der Waals surface area contributed by atoms with Crippen molar-refractivity contribution < 1.29 is 0 Å². The van der Waals surface area contributed by atoms with E-state index in [9.17, 15) is 0 Å². The zero-order valence-corrected chi connectivity index (χ0v) is 16.0. The van der Waals surface area contributed by atoms with Gasteiger partial charge in [-0.2, -0.15) is 5.10 Å². The predicted molar refractivity (Wildman–Crippen MR) is 106 cm³/mol. The smallest absolute Gasteiger partial charge is 0.0983 e. The molecule has 0 saturated carbocycles. The van der Waals surface area contributed by atoms with Crippen LogP contribution in [-0.2, 0) is 13.6 Å². The highest BCUT2D eigenvalue weighted by molar-refractivity contribution is 5.61. The van der Waals surface area contributed by atoms with E-state index in [0.717, 1.165) is 24.3 Å². The number of rotatable bonds is 7. The van der Waals surface area contributed by atoms with Crippen LogP contribution in [0.1, 0.15) is 22.7 Å². The standard InChI is InChI=1S/C21H27N5/c1-16-7-9-17(10-8-16)20(25(2)3)14-23-13-19-15-26(4)24-21(19)18-6-5-11-22-12-18/h5-12,15,20,23H,13-14H2,1-4H3. The van der Waals surface area contributed by atoms with Crippen LogP contribution in [0.25, 0.3) is 11.3 Å². The summed E-state index contributed by atoms with van der Waals surface area (Å²) in [6.07, 6.45) is 5.72. The van der Waals surface area contributed by atoms with Gasteiger partial charge < -0.3 is 10.2 Å². The third-order valence-electron chi connectivity index (χ3n) is 4.58. The van der Waals surface area contributed by atoms with Crippen LogP contribution < -0.4 is 5.32 Å². The van der Waals surface area contributed by atoms with Crippen LogP contribution >= 0.6 is 0 Å². The fourth-order valence-corrected chi connectivity index (χ4v) is 3.14. The van der Waals surface area contributed by atoms with Crippen molar-refractivity contribution >= 4 is 0 Å². The van der Waals surface area contributed by atoms with Crippen LogP contribution in [0.4, 0.5) is 0 Å². The molecular formula is C21H27N5. The summed E-state index contributed by atoms with van der Waals surface area (Å²) in [5.74, 6) is 0. The van der Waals surface area contributed by atoms with Crippen LogP contribution in [0.15, 0.2) is 55.0 Å². The zero-order valence-electron chi connectivity index (χ0n) is 16.0. The molecule has 1 aromatic carbocycles. The molecule has 3 rings (SSSR count). The lowest BCUT2D eigenvalue weighted by atomic mass is 10.0. The molecule has 1 N–H and O–H groups in total. The monoisotopic (exact) mass is 349 g/mol. The lowest BCUT2D eigenvalue weighted by Crippen LogP contribution is -2.30. The van der Waals surface area contributed by atoms with Crippen LogP contribution in [0.2, 0.25) is 0 Å². The van der Waals surface area contributed by atoms with E-state index in [2.05, 4.69) is 71.8 Å². The van der Waals surface area contributed by atoms with Gasteiger partial charge in [0.15, 0.2) is 0 Å². The lowest BCUT2D eigenvalue weighted by Gasteiger charge is -2.25. The molecule has 0 aliphatic carbocycles. The SMILES string of the molecule is Cc1ccc(C(CNCc2cn(C)nc2-c2cccnc2)N(C)C)cc1. The number of pyridine rings is 1. The molecule has 3 aromatic rings. The van der Waals surface area contributed by atoms with Crippen molar-refractivity contribution in [3.63, 3.8) is 0 Å². The number of aromatic nitrogens is 3. The second-order valence-corrected chi connectivity index (χ2v) is 6.94. The molecule has 1 unspecified atom stereocenters. The van der Waals surface area contributed by atoms with Crippen molar-refractivity contribution in [3.8, 4) is 11.3 Å². The van der Waals surface area contributed by atoms with Crippen molar-refractivity contribution in [2.24, 2.45) is 7.05 Å². The number of benzene rings is 1. The first-order valence-corrected chi connectivity index (χ1v) is 8.91. The normalized spacial score (nSPS) is 12.5. The summed E-state index contributed by atoms with van der Waals surface area (Å²) in [5.41, 5.74) is 5.84. The van der Waals surface area contributed by atoms with E-state index in [1.807, 2.05) is 30.1 Å². The summed E-state index contributed by atoms with van der Waals surface area (Å²) in [5, 5.41) is 8.21. The molecular weight excluding hydrogens is 322 g/mol. The van der Waals surface area contributed by atoms with E-state index in [1.165, 1.54) is 16.7 Å². The van der Waals surface area contributed by atoms with Gasteiger partial charge in [-0.25, -0.2) is 0 Å². The maximum Gasteiger partial charge on any atom is 0.0983 e. The van der Waals surface area contributed by atoms with E-state index < -0.39 is 0 Å². The fraction of sp³-hybridized carbons (Fsp3) is 0.333. The Morgan fingerprint density at radius 2 is 1.92 bits per heavy atom. The molecule has 2 aromatic heterocycles. The summed E-state index contributed by atoms with van der Waals surface area (Å²) in [6.45, 7) is 3.76. The number of hydrogen-bond acceptors (Lipinski definition) is 4. The highest BCUT2D eigenvalue weighted by Crippen LogP contribution is 2.22. The summed E-state index contributed by atoms with van der Waals surface area (Å²) in [7, 11) is 6.20. The van der Waals surface area contributed by atoms with Crippen molar-refractivity contribution in [3.05, 3.63) is 71.7 Å². The Kier molecular flexibility index (Phi) is 5.81. The minimum absolute atomic E-state index is 0.328. The quantitative estimate of drug-likeness (QED) is 0.712. The Labute approximate surface area is 155 Å². The summed E-state index contributed by atoms with van der Waals surface area (Å²) in [4.78, 5) is 6.47. The van der Waals surface area contributed by atoms with E-state index in [0.29, 0.717) is 6.04 Å². The van der Waals surface area contributed by atoms with Gasteiger partial charge in [-0.1, -0.05) is 29.8 Å². The first-order valence-electron chi connectivity index (χ1n) is 8.91. The largest absolute Gasteiger partial charge is 0.311 e. The molecule has 0 bridgehead atoms. The first-order chi connectivity index (χ1) is 12.5. The van der Waals surface area contributed by atoms with Crippen LogP contribution in [0.3, 0.4) is 0 Å². The number of nitrogens with one attached hydrogen (secondary N) is 1. The maximum absolute atomic E-state index is 4.61. The van der Waals surface area contributed by atoms with Gasteiger partial charge in [-0.3, -0.25) is 9.67 Å². The lowest BCUT2D eigenvalue weighted by molar-refractivity contribution is 0.288. The molecule has 26 heavy (non-hydrogen) atoms. The molecule has 0 amide bonds. The predicted octanol–water partition coefficient (Wildman–Crippen LogP) is 3.18. The van der Waals surface area contributed by atoms with Crippen molar-refractivity contribution in [1.29, 1.82) is 0 Å². The van der Waals surface area contributed by atoms with Crippen molar-refractivity contribution in [2.75, 3.05) is 20.6 Å². The van der Waals surface area contributed by atoms with Crippen LogP contribution in [0.5, 0.6) is 0 Å². The third-order valence-corrected chi connectivity index (χ3v) is 4.58. The molecule has 5 heteroatoms. The average Bonchev–Trinajstić information content (AvgIpc) is 3.01. The number of hydrogen-bond donors (Lipinski definition) is 1. The third kappa shape index (κ3) is 4.36. The van der Waals surface area contributed by atoms with Gasteiger partial charge in [0.25, 0.3) is 0 Å². The van der Waals surface area contributed by atoms with Gasteiger partial charge >= 0.3 is 0 Å². The fourth-order valence-electron chi connectivity index (χ4n) is 3.14. The first kappa shape index (κ1) is 18.3. The number of nitrogens with zero attached hydrogens (tertiary/aromatic N) is 4. The van der Waals surface area contributed by atoms with Gasteiger partial charge in [0.05, 0.1) is 5.69 Å². The van der Waals surface area contributed by atoms with Gasteiger partial charge in [0.1, 0.15) is 0 Å². The molecule has 0 saturated heterocycles. The van der Waals surface area contributed by atoms with E-state index in [-0.39, 0.29) is 0 Å². The molecule has 1 atom stereocenters. The molecule has 0 aliphatic rings. The number of aryl methyl sites for hydroxylation is 2. The Morgan fingerprint density at radius 3 is 2.58 bits per heavy atom. The Bertz CT molecular complexity index is 821. The highest BCUT2D eigenvalue weighted by Gasteiger charge is 2.15. The maximum atomic E-state index is 4.61. The summed E-state index contributed by atoms with van der Waals surface area (Å²) in [6, 6.07) is 13.1. The molecule has 5 nitrogen and oxygen atoms in total. The molecule has 136 valence electrons. The van der Waals surface area contributed by atoms with Crippen LogP contribution in [0, 0.1) is 6.92 Å². The van der Waals surface area contributed by atoms with Gasteiger partial charge in [-0.05, 0) is 38.7 Å². The summed E-state index contributed by atoms with van der Waals surface area (Å²) < 4.78 is 1.86. The van der Waals surface area contributed by atoms with E-state index in [4.69, 9.17) is 0 Å². The molecule has 0 radical (unpaired) electrons. The van der Waals surface area contributed by atoms with Gasteiger partial charge in [0, 0.05) is 55.9 Å². The molecule has 0 fully saturated rings. The topological polar surface area (TPSA) is 46.0 Å². The van der Waals surface area contributed by atoms with E-state index >= 15 is 0 Å². The average molecular weight is 349 g/mol. The minimum Gasteiger partial charge on any atom is -0.311 e. The molecule has 2 heterocycles.